The molecule has 2 heterocycles. The van der Waals surface area contributed by atoms with Gasteiger partial charge in [-0.1, -0.05) is 36.2 Å². The number of hydrogen-bond donors (Lipinski definition) is 1. The molecular formula is C26H28ClN3O3S. The third-order valence-electron chi connectivity index (χ3n) is 6.55. The fraction of sp³-hybridized carbons (Fsp3) is 0.346. The van der Waals surface area contributed by atoms with Crippen molar-refractivity contribution in [2.75, 3.05) is 23.8 Å². The second-order valence-electron chi connectivity index (χ2n) is 9.59. The minimum atomic E-state index is -0.492. The zero-order valence-electron chi connectivity index (χ0n) is 19.9. The molecule has 1 saturated heterocycles. The van der Waals surface area contributed by atoms with Gasteiger partial charge in [0.2, 0.25) is 5.91 Å². The van der Waals surface area contributed by atoms with Crippen LogP contribution in [0.1, 0.15) is 49.8 Å². The van der Waals surface area contributed by atoms with E-state index in [9.17, 15) is 14.4 Å². The normalized spacial score (nSPS) is 20.6. The lowest BCUT2D eigenvalue weighted by Gasteiger charge is -2.45. The molecule has 3 amide bonds. The van der Waals surface area contributed by atoms with E-state index in [4.69, 9.17) is 11.6 Å². The van der Waals surface area contributed by atoms with Crippen LogP contribution in [-0.2, 0) is 9.59 Å². The van der Waals surface area contributed by atoms with Gasteiger partial charge in [0, 0.05) is 29.0 Å². The predicted octanol–water partition coefficient (Wildman–Crippen LogP) is 6.05. The third kappa shape index (κ3) is 4.72. The van der Waals surface area contributed by atoms with Gasteiger partial charge in [-0.15, -0.1) is 0 Å². The predicted molar refractivity (Wildman–Crippen MR) is 139 cm³/mol. The fourth-order valence-corrected chi connectivity index (χ4v) is 5.52. The fourth-order valence-electron chi connectivity index (χ4n) is 4.47. The first-order valence-electron chi connectivity index (χ1n) is 11.2. The van der Waals surface area contributed by atoms with Gasteiger partial charge in [0.1, 0.15) is 6.54 Å². The van der Waals surface area contributed by atoms with Crippen molar-refractivity contribution in [3.05, 3.63) is 63.0 Å². The van der Waals surface area contributed by atoms with E-state index in [1.54, 1.807) is 18.2 Å². The molecule has 0 saturated carbocycles. The molecule has 0 radical (unpaired) electrons. The molecular weight excluding hydrogens is 470 g/mol. The standard InChI is InChI=1S/C26H28ClN3O3S/c1-15-6-8-18(9-7-15)28-23(31)14-30-24(32)22(34-25(30)33)11-17-10-19-16(2)13-26(3,4)29(5)21(19)12-20(17)27/h6-12,16H,13-14H2,1-5H3,(H,28,31)/b22-11+. The van der Waals surface area contributed by atoms with Gasteiger partial charge < -0.3 is 10.2 Å². The molecule has 2 aliphatic rings. The summed E-state index contributed by atoms with van der Waals surface area (Å²) < 4.78 is 0. The van der Waals surface area contributed by atoms with Crippen molar-refractivity contribution in [2.45, 2.75) is 45.6 Å². The summed E-state index contributed by atoms with van der Waals surface area (Å²) >= 11 is 7.42. The highest BCUT2D eigenvalue weighted by molar-refractivity contribution is 8.18. The minimum absolute atomic E-state index is 0.0130. The number of carbonyl (C=O) groups excluding carboxylic acids is 3. The molecule has 2 aliphatic heterocycles. The Bertz CT molecular complexity index is 1210. The van der Waals surface area contributed by atoms with E-state index in [-0.39, 0.29) is 17.0 Å². The average Bonchev–Trinajstić information content (AvgIpc) is 3.02. The number of hydrogen-bond acceptors (Lipinski definition) is 5. The molecule has 0 spiro atoms. The van der Waals surface area contributed by atoms with Gasteiger partial charge in [-0.3, -0.25) is 19.3 Å². The summed E-state index contributed by atoms with van der Waals surface area (Å²) in [5.41, 5.74) is 4.62. The lowest BCUT2D eigenvalue weighted by molar-refractivity contribution is -0.127. The quantitative estimate of drug-likeness (QED) is 0.521. The highest BCUT2D eigenvalue weighted by Gasteiger charge is 2.37. The molecule has 6 nitrogen and oxygen atoms in total. The van der Waals surface area contributed by atoms with Gasteiger partial charge >= 0.3 is 0 Å². The van der Waals surface area contributed by atoms with Gasteiger partial charge in [0.15, 0.2) is 0 Å². The number of benzene rings is 2. The van der Waals surface area contributed by atoms with Crippen molar-refractivity contribution < 1.29 is 14.4 Å². The molecule has 1 atom stereocenters. The van der Waals surface area contributed by atoms with Gasteiger partial charge in [-0.2, -0.15) is 0 Å². The van der Waals surface area contributed by atoms with Crippen LogP contribution in [0.4, 0.5) is 16.2 Å². The molecule has 2 aromatic carbocycles. The van der Waals surface area contributed by atoms with Crippen LogP contribution in [0.2, 0.25) is 5.02 Å². The van der Waals surface area contributed by atoms with Crippen LogP contribution in [0.15, 0.2) is 41.3 Å². The van der Waals surface area contributed by atoms with Crippen molar-refractivity contribution in [2.24, 2.45) is 0 Å². The van der Waals surface area contributed by atoms with E-state index in [1.807, 2.05) is 31.2 Å². The zero-order chi connectivity index (χ0) is 24.8. The van der Waals surface area contributed by atoms with Crippen LogP contribution in [0.25, 0.3) is 6.08 Å². The molecule has 2 aromatic rings. The average molecular weight is 498 g/mol. The number of rotatable bonds is 4. The van der Waals surface area contributed by atoms with E-state index in [0.717, 1.165) is 39.9 Å². The zero-order valence-corrected chi connectivity index (χ0v) is 21.5. The number of anilines is 2. The first kappa shape index (κ1) is 24.4. The van der Waals surface area contributed by atoms with Crippen molar-refractivity contribution >= 4 is 57.9 Å². The third-order valence-corrected chi connectivity index (χ3v) is 7.78. The van der Waals surface area contributed by atoms with Gasteiger partial charge in [-0.25, -0.2) is 0 Å². The first-order valence-corrected chi connectivity index (χ1v) is 12.3. The molecule has 8 heteroatoms. The molecule has 1 N–H and O–H groups in total. The van der Waals surface area contributed by atoms with Crippen molar-refractivity contribution in [1.29, 1.82) is 0 Å². The van der Waals surface area contributed by atoms with E-state index < -0.39 is 17.1 Å². The number of imide groups is 1. The van der Waals surface area contributed by atoms with E-state index in [2.05, 4.69) is 38.0 Å². The Balaban J connectivity index is 1.54. The molecule has 1 fully saturated rings. The summed E-state index contributed by atoms with van der Waals surface area (Å²) in [4.78, 5) is 41.3. The maximum atomic E-state index is 12.9. The lowest BCUT2D eigenvalue weighted by atomic mass is 9.80. The summed E-state index contributed by atoms with van der Waals surface area (Å²) in [5, 5.41) is 2.76. The molecule has 0 aliphatic carbocycles. The molecule has 0 aromatic heterocycles. The largest absolute Gasteiger partial charge is 0.369 e. The number of amides is 3. The summed E-state index contributed by atoms with van der Waals surface area (Å²) in [6.45, 7) is 8.21. The maximum absolute atomic E-state index is 12.9. The van der Waals surface area contributed by atoms with Crippen LogP contribution < -0.4 is 10.2 Å². The van der Waals surface area contributed by atoms with Crippen molar-refractivity contribution in [1.82, 2.24) is 4.90 Å². The number of nitrogens with zero attached hydrogens (tertiary/aromatic N) is 2. The Morgan fingerprint density at radius 3 is 2.59 bits per heavy atom. The van der Waals surface area contributed by atoms with Gasteiger partial charge in [0.05, 0.1) is 4.91 Å². The Hall–Kier alpha value is -2.77. The number of fused-ring (bicyclic) bond motifs is 1. The summed E-state index contributed by atoms with van der Waals surface area (Å²) in [5.74, 6) is -0.598. The molecule has 1 unspecified atom stereocenters. The Morgan fingerprint density at radius 1 is 1.24 bits per heavy atom. The Labute approximate surface area is 209 Å². The van der Waals surface area contributed by atoms with E-state index in [1.165, 1.54) is 0 Å². The van der Waals surface area contributed by atoms with Gasteiger partial charge in [0.25, 0.3) is 11.1 Å². The molecule has 4 rings (SSSR count). The topological polar surface area (TPSA) is 69.7 Å². The Kier molecular flexibility index (Phi) is 6.53. The van der Waals surface area contributed by atoms with Gasteiger partial charge in [-0.05, 0) is 86.3 Å². The van der Waals surface area contributed by atoms with Crippen LogP contribution in [0, 0.1) is 6.92 Å². The number of halogens is 1. The summed E-state index contributed by atoms with van der Waals surface area (Å²) in [6, 6.07) is 11.2. The number of aryl methyl sites for hydroxylation is 1. The molecule has 178 valence electrons. The van der Waals surface area contributed by atoms with Crippen LogP contribution >= 0.6 is 23.4 Å². The van der Waals surface area contributed by atoms with E-state index in [0.29, 0.717) is 22.2 Å². The monoisotopic (exact) mass is 497 g/mol. The van der Waals surface area contributed by atoms with Crippen LogP contribution in [0.5, 0.6) is 0 Å². The van der Waals surface area contributed by atoms with Crippen molar-refractivity contribution in [3.8, 4) is 0 Å². The SMILES string of the molecule is Cc1ccc(NC(=O)CN2C(=O)S/C(=C/c3cc4c(cc3Cl)N(C)C(C)(C)CC4C)C2=O)cc1. The smallest absolute Gasteiger partial charge is 0.294 e. The number of nitrogens with one attached hydrogen (secondary N) is 1. The minimum Gasteiger partial charge on any atom is -0.369 e. The lowest BCUT2D eigenvalue weighted by Crippen LogP contribution is -2.45. The molecule has 0 bridgehead atoms. The Morgan fingerprint density at radius 2 is 1.91 bits per heavy atom. The molecule has 34 heavy (non-hydrogen) atoms. The second-order valence-corrected chi connectivity index (χ2v) is 11.0. The van der Waals surface area contributed by atoms with Crippen molar-refractivity contribution in [3.63, 3.8) is 0 Å². The van der Waals surface area contributed by atoms with Crippen LogP contribution in [-0.4, -0.2) is 41.1 Å². The summed E-state index contributed by atoms with van der Waals surface area (Å²) in [6.07, 6.45) is 2.64. The van der Waals surface area contributed by atoms with E-state index >= 15 is 0 Å². The number of carbonyl (C=O) groups is 3. The summed E-state index contributed by atoms with van der Waals surface area (Å²) in [7, 11) is 2.06. The highest BCUT2D eigenvalue weighted by atomic mass is 35.5. The van der Waals surface area contributed by atoms with Crippen LogP contribution in [0.3, 0.4) is 0 Å². The second kappa shape index (κ2) is 9.12. The highest BCUT2D eigenvalue weighted by Crippen LogP contribution is 2.45. The number of thioether (sulfide) groups is 1. The maximum Gasteiger partial charge on any atom is 0.294 e. The first-order chi connectivity index (χ1) is 16.0.